The number of aromatic nitrogens is 6. The molecular weight excluding hydrogens is 613 g/mol. The van der Waals surface area contributed by atoms with Gasteiger partial charge in [-0.3, -0.25) is 23.3 Å². The maximum Gasteiger partial charge on any atom is 0.123 e. The van der Waals surface area contributed by atoms with E-state index in [1.807, 2.05) is 12.3 Å². The smallest absolute Gasteiger partial charge is 0.123 e. The lowest BCUT2D eigenvalue weighted by Gasteiger charge is -2.17. The average molecular weight is 643 g/mol. The Hall–Kier alpha value is -6.66. The second-order valence-corrected chi connectivity index (χ2v) is 13.0. The van der Waals surface area contributed by atoms with E-state index in [9.17, 15) is 0 Å². The molecule has 10 aromatic rings. The number of hydrogen-bond acceptors (Lipinski definition) is 2. The molecule has 6 aromatic heterocycles. The van der Waals surface area contributed by atoms with Gasteiger partial charge in [0.1, 0.15) is 22.7 Å². The van der Waals surface area contributed by atoms with Crippen molar-refractivity contribution < 1.29 is 0 Å². The number of nitrogens with zero attached hydrogens (tertiary/aromatic N) is 6. The molecule has 0 radical (unpaired) electrons. The van der Waals surface area contributed by atoms with Gasteiger partial charge in [-0.25, -0.2) is 4.98 Å². The molecule has 4 aromatic carbocycles. The third-order valence-electron chi connectivity index (χ3n) is 10.2. The van der Waals surface area contributed by atoms with Gasteiger partial charge in [-0.1, -0.05) is 84.9 Å². The van der Waals surface area contributed by atoms with Gasteiger partial charge in [0.05, 0.1) is 38.6 Å². The van der Waals surface area contributed by atoms with E-state index in [1.165, 1.54) is 22.0 Å². The lowest BCUT2D eigenvalue weighted by atomic mass is 10.1. The summed E-state index contributed by atoms with van der Waals surface area (Å²) in [4.78, 5) is 10.5. The fourth-order valence-corrected chi connectivity index (χ4v) is 8.08. The summed E-state index contributed by atoms with van der Waals surface area (Å²) in [6, 6.07) is 47.6. The minimum absolute atomic E-state index is 0.887. The zero-order chi connectivity index (χ0) is 32.8. The predicted octanol–water partition coefficient (Wildman–Crippen LogP) is 10.8. The average Bonchev–Trinajstić information content (AvgIpc) is 3.92. The molecule has 0 bridgehead atoms. The van der Waals surface area contributed by atoms with Gasteiger partial charge >= 0.3 is 0 Å². The molecule has 236 valence electrons. The van der Waals surface area contributed by atoms with E-state index in [0.29, 0.717) is 0 Å². The monoisotopic (exact) mass is 642 g/mol. The number of rotatable bonds is 4. The maximum atomic E-state index is 5.53. The largest absolute Gasteiger partial charge is 0.296 e. The predicted molar refractivity (Wildman–Crippen MR) is 206 cm³/mol. The van der Waals surface area contributed by atoms with E-state index in [-0.39, 0.29) is 0 Å². The second kappa shape index (κ2) is 10.4. The zero-order valence-electron chi connectivity index (χ0n) is 27.1. The van der Waals surface area contributed by atoms with Crippen molar-refractivity contribution in [2.75, 3.05) is 0 Å². The van der Waals surface area contributed by atoms with Gasteiger partial charge in [0.25, 0.3) is 0 Å². The molecule has 1 aliphatic carbocycles. The first-order valence-corrected chi connectivity index (χ1v) is 17.2. The van der Waals surface area contributed by atoms with Gasteiger partial charge in [0, 0.05) is 33.7 Å². The molecule has 1 aliphatic rings. The van der Waals surface area contributed by atoms with Gasteiger partial charge in [-0.05, 0) is 79.6 Å². The van der Waals surface area contributed by atoms with Crippen molar-refractivity contribution in [3.05, 3.63) is 158 Å². The van der Waals surface area contributed by atoms with Crippen LogP contribution in [0.15, 0.2) is 158 Å². The van der Waals surface area contributed by atoms with Gasteiger partial charge in [-0.2, -0.15) is 0 Å². The maximum absolute atomic E-state index is 5.53. The van der Waals surface area contributed by atoms with Crippen LogP contribution in [0.25, 0.3) is 88.8 Å². The quantitative estimate of drug-likeness (QED) is 0.192. The molecule has 50 heavy (non-hydrogen) atoms. The Balaban J connectivity index is 1.30. The van der Waals surface area contributed by atoms with Crippen LogP contribution in [-0.4, -0.2) is 28.2 Å². The normalized spacial score (nSPS) is 13.5. The van der Waals surface area contributed by atoms with Crippen molar-refractivity contribution in [1.29, 1.82) is 0 Å². The summed E-state index contributed by atoms with van der Waals surface area (Å²) in [5, 5.41) is 3.49. The van der Waals surface area contributed by atoms with Gasteiger partial charge in [0.2, 0.25) is 0 Å². The molecule has 0 saturated heterocycles. The van der Waals surface area contributed by atoms with Crippen LogP contribution in [0.5, 0.6) is 0 Å². The molecule has 6 heterocycles. The minimum Gasteiger partial charge on any atom is -0.296 e. The number of pyridine rings is 2. The Bertz CT molecular complexity index is 3040. The summed E-state index contributed by atoms with van der Waals surface area (Å²) in [5.41, 5.74) is 11.6. The van der Waals surface area contributed by atoms with Crippen molar-refractivity contribution >= 4 is 71.5 Å². The number of benzene rings is 4. The van der Waals surface area contributed by atoms with Crippen LogP contribution in [0.4, 0.5) is 0 Å². The van der Waals surface area contributed by atoms with Gasteiger partial charge < -0.3 is 0 Å². The second-order valence-electron chi connectivity index (χ2n) is 13.0. The lowest BCUT2D eigenvalue weighted by Crippen LogP contribution is -2.06. The summed E-state index contributed by atoms with van der Waals surface area (Å²) < 4.78 is 9.51. The van der Waals surface area contributed by atoms with Crippen LogP contribution in [0.2, 0.25) is 0 Å². The first-order valence-electron chi connectivity index (χ1n) is 17.2. The molecular formula is C44H30N6. The van der Waals surface area contributed by atoms with Gasteiger partial charge in [-0.15, -0.1) is 0 Å². The standard InChI is InChI=1S/C44H30N6/c1-3-16-31(17-4-1)47-34-21-10-7-14-29(34)26-40(47)49-36-23-12-9-20-33(36)42-38(49)28-39-44(46-42)43-37(24-13-25-45-43)50(39)41-27-30-15-8-11-22-35(30)48(41)32-18-5-2-6-19-32/h2-3,5-28H,1,4H2. The molecule has 0 spiro atoms. The minimum atomic E-state index is 0.887. The number of allylic oxidation sites excluding steroid dienone is 4. The molecule has 0 unspecified atom stereocenters. The summed E-state index contributed by atoms with van der Waals surface area (Å²) in [7, 11) is 0. The highest BCUT2D eigenvalue weighted by atomic mass is 15.2. The molecule has 6 heteroatoms. The summed E-state index contributed by atoms with van der Waals surface area (Å²) in [6.45, 7) is 0. The third-order valence-corrected chi connectivity index (χ3v) is 10.2. The Labute approximate surface area is 287 Å². The molecule has 0 amide bonds. The van der Waals surface area contributed by atoms with Crippen LogP contribution in [0, 0.1) is 0 Å². The van der Waals surface area contributed by atoms with E-state index in [4.69, 9.17) is 9.97 Å². The van der Waals surface area contributed by atoms with Crippen LogP contribution < -0.4 is 0 Å². The molecule has 0 N–H and O–H groups in total. The van der Waals surface area contributed by atoms with Crippen LogP contribution >= 0.6 is 0 Å². The molecule has 0 atom stereocenters. The first kappa shape index (κ1) is 27.3. The molecule has 0 aliphatic heterocycles. The highest BCUT2D eigenvalue weighted by Gasteiger charge is 2.24. The summed E-state index contributed by atoms with van der Waals surface area (Å²) >= 11 is 0. The Morgan fingerprint density at radius 1 is 0.460 bits per heavy atom. The van der Waals surface area contributed by atoms with Crippen molar-refractivity contribution in [3.8, 4) is 17.3 Å². The lowest BCUT2D eigenvalue weighted by molar-refractivity contribution is 0.978. The van der Waals surface area contributed by atoms with E-state index in [2.05, 4.69) is 164 Å². The van der Waals surface area contributed by atoms with E-state index >= 15 is 0 Å². The van der Waals surface area contributed by atoms with Crippen molar-refractivity contribution in [2.24, 2.45) is 0 Å². The molecule has 0 fully saturated rings. The highest BCUT2D eigenvalue weighted by Crippen LogP contribution is 2.40. The Morgan fingerprint density at radius 2 is 1.10 bits per heavy atom. The van der Waals surface area contributed by atoms with Crippen molar-refractivity contribution in [1.82, 2.24) is 28.2 Å². The number of hydrogen-bond donors (Lipinski definition) is 0. The first-order chi connectivity index (χ1) is 24.8. The molecule has 6 nitrogen and oxygen atoms in total. The highest BCUT2D eigenvalue weighted by molar-refractivity contribution is 6.14. The Morgan fingerprint density at radius 3 is 1.88 bits per heavy atom. The van der Waals surface area contributed by atoms with E-state index in [1.54, 1.807) is 0 Å². The summed E-state index contributed by atoms with van der Waals surface area (Å²) in [6.07, 6.45) is 10.9. The van der Waals surface area contributed by atoms with Gasteiger partial charge in [0.15, 0.2) is 0 Å². The van der Waals surface area contributed by atoms with E-state index in [0.717, 1.165) is 79.7 Å². The van der Waals surface area contributed by atoms with Crippen molar-refractivity contribution in [3.63, 3.8) is 0 Å². The van der Waals surface area contributed by atoms with Crippen LogP contribution in [0.3, 0.4) is 0 Å². The van der Waals surface area contributed by atoms with E-state index < -0.39 is 0 Å². The third kappa shape index (κ3) is 3.78. The van der Waals surface area contributed by atoms with Crippen LogP contribution in [-0.2, 0) is 0 Å². The molecule has 0 saturated carbocycles. The number of para-hydroxylation sites is 4. The Kier molecular flexibility index (Phi) is 5.69. The fraction of sp³-hybridized carbons (Fsp3) is 0.0455. The zero-order valence-corrected chi connectivity index (χ0v) is 27.1. The SMILES string of the molecule is C1=CC(n2c(-n3c4ccccc4c4nc5c6ncccc6n(-c6cc7ccccc7n6-c6ccccc6)c5cc43)cc3ccccc32)=CCC1. The molecule has 11 rings (SSSR count). The fourth-order valence-electron chi connectivity index (χ4n) is 8.08. The van der Waals surface area contributed by atoms with Crippen molar-refractivity contribution in [2.45, 2.75) is 12.8 Å². The summed E-state index contributed by atoms with van der Waals surface area (Å²) in [5.74, 6) is 2.14. The number of fused-ring (bicyclic) bond motifs is 8. The van der Waals surface area contributed by atoms with Crippen LogP contribution in [0.1, 0.15) is 12.8 Å². The topological polar surface area (TPSA) is 45.5 Å².